The van der Waals surface area contributed by atoms with E-state index >= 15 is 0 Å². The molecule has 3 nitrogen and oxygen atoms in total. The second-order valence-electron chi connectivity index (χ2n) is 5.41. The molecule has 0 bridgehead atoms. The van der Waals surface area contributed by atoms with Crippen LogP contribution in [0, 0.1) is 11.5 Å². The maximum absolute atomic E-state index is 12.5. The molecule has 0 saturated heterocycles. The lowest BCUT2D eigenvalue weighted by molar-refractivity contribution is -0.115. The van der Waals surface area contributed by atoms with Gasteiger partial charge in [0.25, 0.3) is 5.91 Å². The standard InChI is InChI=1S/C14H19NO2SSi/c1-12(16)15-18(2,17)14-9-7-6-8-13(14)10-11-19(3,4)5/h6-9H,1-5H3. The molecule has 0 spiro atoms. The Morgan fingerprint density at radius 3 is 2.37 bits per heavy atom. The van der Waals surface area contributed by atoms with Crippen LogP contribution in [0.25, 0.3) is 0 Å². The van der Waals surface area contributed by atoms with Gasteiger partial charge in [-0.2, -0.15) is 4.36 Å². The van der Waals surface area contributed by atoms with Crippen LogP contribution in [0.2, 0.25) is 19.6 Å². The van der Waals surface area contributed by atoms with E-state index < -0.39 is 23.7 Å². The van der Waals surface area contributed by atoms with Crippen LogP contribution in [0.1, 0.15) is 12.5 Å². The van der Waals surface area contributed by atoms with E-state index in [1.54, 1.807) is 12.1 Å². The van der Waals surface area contributed by atoms with E-state index in [-0.39, 0.29) is 0 Å². The molecule has 0 radical (unpaired) electrons. The maximum atomic E-state index is 12.5. The van der Waals surface area contributed by atoms with Crippen LogP contribution >= 0.6 is 0 Å². The van der Waals surface area contributed by atoms with Gasteiger partial charge >= 0.3 is 0 Å². The molecular weight excluding hydrogens is 274 g/mol. The monoisotopic (exact) mass is 293 g/mol. The van der Waals surface area contributed by atoms with Gasteiger partial charge < -0.3 is 0 Å². The summed E-state index contributed by atoms with van der Waals surface area (Å²) in [6, 6.07) is 7.18. The molecule has 1 unspecified atom stereocenters. The molecule has 0 heterocycles. The predicted octanol–water partition coefficient (Wildman–Crippen LogP) is 2.92. The fourth-order valence-electron chi connectivity index (χ4n) is 1.45. The van der Waals surface area contributed by atoms with Gasteiger partial charge in [-0.05, 0) is 12.1 Å². The van der Waals surface area contributed by atoms with Crippen molar-refractivity contribution < 1.29 is 9.00 Å². The summed E-state index contributed by atoms with van der Waals surface area (Å²) in [6.45, 7) is 7.74. The SMILES string of the molecule is CC(=O)N=S(C)(=O)c1ccccc1C#C[Si](C)(C)C. The molecule has 0 fully saturated rings. The highest BCUT2D eigenvalue weighted by molar-refractivity contribution is 7.93. The zero-order valence-corrected chi connectivity index (χ0v) is 13.8. The number of nitrogens with zero attached hydrogens (tertiary/aromatic N) is 1. The molecule has 0 aliphatic carbocycles. The number of hydrogen-bond donors (Lipinski definition) is 0. The second kappa shape index (κ2) is 5.72. The summed E-state index contributed by atoms with van der Waals surface area (Å²) in [5.74, 6) is 2.66. The van der Waals surface area contributed by atoms with Crippen molar-refractivity contribution in [3.05, 3.63) is 29.8 Å². The van der Waals surface area contributed by atoms with Gasteiger partial charge in [0.05, 0.1) is 14.6 Å². The summed E-state index contributed by atoms with van der Waals surface area (Å²) in [6.07, 6.45) is 1.48. The van der Waals surface area contributed by atoms with Crippen molar-refractivity contribution in [1.29, 1.82) is 0 Å². The Morgan fingerprint density at radius 2 is 1.84 bits per heavy atom. The van der Waals surface area contributed by atoms with Gasteiger partial charge in [-0.15, -0.1) is 5.54 Å². The Kier molecular flexibility index (Phi) is 4.72. The third kappa shape index (κ3) is 5.01. The van der Waals surface area contributed by atoms with Crippen LogP contribution in [-0.4, -0.2) is 24.4 Å². The van der Waals surface area contributed by atoms with Gasteiger partial charge in [-0.25, -0.2) is 4.21 Å². The van der Waals surface area contributed by atoms with E-state index in [1.807, 2.05) is 12.1 Å². The number of carbonyl (C=O) groups is 1. The molecular formula is C14H19NO2SSi. The van der Waals surface area contributed by atoms with Crippen molar-refractivity contribution in [2.45, 2.75) is 31.5 Å². The number of benzene rings is 1. The van der Waals surface area contributed by atoms with Crippen LogP contribution in [0.4, 0.5) is 0 Å². The highest BCUT2D eigenvalue weighted by Crippen LogP contribution is 2.17. The van der Waals surface area contributed by atoms with E-state index in [9.17, 15) is 9.00 Å². The van der Waals surface area contributed by atoms with Gasteiger partial charge in [0.2, 0.25) is 0 Å². The lowest BCUT2D eigenvalue weighted by Gasteiger charge is -2.07. The Labute approximate surface area is 116 Å². The molecule has 1 rings (SSSR count). The van der Waals surface area contributed by atoms with Crippen molar-refractivity contribution in [2.24, 2.45) is 4.36 Å². The summed E-state index contributed by atoms with van der Waals surface area (Å²) in [7, 11) is -4.22. The Bertz CT molecular complexity index is 669. The Hall–Kier alpha value is -1.38. The third-order valence-corrected chi connectivity index (χ3v) is 4.82. The van der Waals surface area contributed by atoms with Crippen LogP contribution < -0.4 is 0 Å². The minimum Gasteiger partial charge on any atom is -0.272 e. The summed E-state index contributed by atoms with van der Waals surface area (Å²) >= 11 is 0. The van der Waals surface area contributed by atoms with Crippen LogP contribution in [-0.2, 0) is 14.5 Å². The quantitative estimate of drug-likeness (QED) is 0.590. The smallest absolute Gasteiger partial charge is 0.250 e. The normalized spacial score (nSPS) is 13.9. The molecule has 102 valence electrons. The third-order valence-electron chi connectivity index (χ3n) is 2.17. The van der Waals surface area contributed by atoms with Gasteiger partial charge in [-0.3, -0.25) is 4.79 Å². The van der Waals surface area contributed by atoms with Gasteiger partial charge in [-0.1, -0.05) is 37.7 Å². The molecule has 0 saturated carbocycles. The van der Waals surface area contributed by atoms with E-state index in [4.69, 9.17) is 0 Å². The summed E-state index contributed by atoms with van der Waals surface area (Å²) in [5, 5.41) is 0. The number of carbonyl (C=O) groups excluding carboxylic acids is 1. The topological polar surface area (TPSA) is 46.5 Å². The Balaban J connectivity index is 3.43. The summed E-state index contributed by atoms with van der Waals surface area (Å²) < 4.78 is 16.2. The molecule has 0 N–H and O–H groups in total. The lowest BCUT2D eigenvalue weighted by atomic mass is 10.2. The fourth-order valence-corrected chi connectivity index (χ4v) is 3.41. The average Bonchev–Trinajstić information content (AvgIpc) is 2.24. The number of hydrogen-bond acceptors (Lipinski definition) is 2. The summed E-state index contributed by atoms with van der Waals surface area (Å²) in [4.78, 5) is 11.6. The first kappa shape index (κ1) is 15.7. The van der Waals surface area contributed by atoms with Crippen molar-refractivity contribution in [2.75, 3.05) is 6.26 Å². The van der Waals surface area contributed by atoms with Crippen molar-refractivity contribution in [3.63, 3.8) is 0 Å². The lowest BCUT2D eigenvalue weighted by Crippen LogP contribution is -2.16. The summed E-state index contributed by atoms with van der Waals surface area (Å²) in [5.41, 5.74) is 3.94. The van der Waals surface area contributed by atoms with Crippen molar-refractivity contribution in [3.8, 4) is 11.5 Å². The van der Waals surface area contributed by atoms with Crippen molar-refractivity contribution in [1.82, 2.24) is 0 Å². The van der Waals surface area contributed by atoms with Crippen LogP contribution in [0.5, 0.6) is 0 Å². The number of amides is 1. The van der Waals surface area contributed by atoms with Crippen molar-refractivity contribution >= 4 is 23.7 Å². The van der Waals surface area contributed by atoms with Crippen LogP contribution in [0.3, 0.4) is 0 Å². The molecule has 5 heteroatoms. The zero-order chi connectivity index (χ0) is 14.7. The molecule has 1 amide bonds. The molecule has 1 aromatic carbocycles. The van der Waals surface area contributed by atoms with Gasteiger partial charge in [0.1, 0.15) is 8.07 Å². The average molecular weight is 293 g/mol. The first-order valence-corrected chi connectivity index (χ1v) is 11.4. The Morgan fingerprint density at radius 1 is 1.26 bits per heavy atom. The first-order valence-electron chi connectivity index (χ1n) is 5.97. The molecule has 0 aliphatic heterocycles. The molecule has 1 aromatic rings. The molecule has 1 atom stereocenters. The minimum absolute atomic E-state index is 0.430. The van der Waals surface area contributed by atoms with Gasteiger partial charge in [0.15, 0.2) is 0 Å². The maximum Gasteiger partial charge on any atom is 0.250 e. The van der Waals surface area contributed by atoms with Gasteiger partial charge in [0, 0.05) is 18.7 Å². The van der Waals surface area contributed by atoms with E-state index in [0.29, 0.717) is 10.5 Å². The predicted molar refractivity (Wildman–Crippen MR) is 82.1 cm³/mol. The highest BCUT2D eigenvalue weighted by Gasteiger charge is 2.12. The molecule has 19 heavy (non-hydrogen) atoms. The minimum atomic E-state index is -2.72. The first-order chi connectivity index (χ1) is 8.62. The largest absolute Gasteiger partial charge is 0.272 e. The molecule has 0 aromatic heterocycles. The van der Waals surface area contributed by atoms with E-state index in [2.05, 4.69) is 35.5 Å². The number of rotatable bonds is 1. The van der Waals surface area contributed by atoms with Crippen LogP contribution in [0.15, 0.2) is 33.5 Å². The fraction of sp³-hybridized carbons (Fsp3) is 0.357. The molecule has 0 aliphatic rings. The zero-order valence-electron chi connectivity index (χ0n) is 12.0. The second-order valence-corrected chi connectivity index (χ2v) is 12.4. The highest BCUT2D eigenvalue weighted by atomic mass is 32.2. The van der Waals surface area contributed by atoms with E-state index in [1.165, 1.54) is 13.2 Å². The van der Waals surface area contributed by atoms with E-state index in [0.717, 1.165) is 0 Å².